The lowest BCUT2D eigenvalue weighted by Crippen LogP contribution is -2.14. The molecule has 1 atom stereocenters. The molecular formula is C23H29N3O. The van der Waals surface area contributed by atoms with Crippen molar-refractivity contribution in [1.82, 2.24) is 9.88 Å². The van der Waals surface area contributed by atoms with Crippen molar-refractivity contribution in [2.45, 2.75) is 44.4 Å². The third-order valence-electron chi connectivity index (χ3n) is 5.79. The molecule has 0 saturated carbocycles. The summed E-state index contributed by atoms with van der Waals surface area (Å²) in [5.41, 5.74) is 6.57. The highest BCUT2D eigenvalue weighted by Crippen LogP contribution is 2.36. The van der Waals surface area contributed by atoms with Gasteiger partial charge < -0.3 is 15.2 Å². The summed E-state index contributed by atoms with van der Waals surface area (Å²) in [5, 5.41) is 2.96. The second kappa shape index (κ2) is 7.73. The topological polar surface area (TPSA) is 48.1 Å². The molecule has 1 amide bonds. The van der Waals surface area contributed by atoms with Gasteiger partial charge in [-0.25, -0.2) is 0 Å². The third kappa shape index (κ3) is 3.86. The maximum Gasteiger partial charge on any atom is 0.256 e. The number of carbonyl (C=O) groups excluding carboxylic acids is 1. The molecule has 142 valence electrons. The fourth-order valence-corrected chi connectivity index (χ4v) is 4.43. The first-order valence-electron chi connectivity index (χ1n) is 10.1. The Morgan fingerprint density at radius 1 is 1.22 bits per heavy atom. The van der Waals surface area contributed by atoms with E-state index in [0.29, 0.717) is 5.92 Å². The van der Waals surface area contributed by atoms with Crippen molar-refractivity contribution in [3.05, 3.63) is 52.8 Å². The van der Waals surface area contributed by atoms with Crippen LogP contribution in [0, 0.1) is 0 Å². The van der Waals surface area contributed by atoms with E-state index in [4.69, 9.17) is 0 Å². The predicted molar refractivity (Wildman–Crippen MR) is 112 cm³/mol. The number of H-pyrrole nitrogens is 1. The van der Waals surface area contributed by atoms with Gasteiger partial charge in [0.05, 0.1) is 5.57 Å². The van der Waals surface area contributed by atoms with Crippen molar-refractivity contribution in [3.8, 4) is 0 Å². The van der Waals surface area contributed by atoms with Crippen LogP contribution in [0.5, 0.6) is 0 Å². The summed E-state index contributed by atoms with van der Waals surface area (Å²) in [4.78, 5) is 18.3. The normalized spacial score (nSPS) is 20.5. The molecule has 2 N–H and O–H groups in total. The molecule has 1 aliphatic heterocycles. The molecule has 0 radical (unpaired) electrons. The van der Waals surface area contributed by atoms with Crippen molar-refractivity contribution in [2.75, 3.05) is 26.0 Å². The number of aromatic nitrogens is 1. The molecular weight excluding hydrogens is 334 g/mol. The van der Waals surface area contributed by atoms with Gasteiger partial charge >= 0.3 is 0 Å². The molecule has 0 spiro atoms. The maximum atomic E-state index is 12.4. The number of para-hydroxylation sites is 1. The highest BCUT2D eigenvalue weighted by molar-refractivity contribution is 6.34. The van der Waals surface area contributed by atoms with Gasteiger partial charge in [-0.15, -0.1) is 0 Å². The summed E-state index contributed by atoms with van der Waals surface area (Å²) >= 11 is 0. The highest BCUT2D eigenvalue weighted by Gasteiger charge is 2.25. The first kappa shape index (κ1) is 18.1. The largest absolute Gasteiger partial charge is 0.359 e. The number of benzene rings is 1. The molecule has 0 fully saturated rings. The van der Waals surface area contributed by atoms with E-state index in [0.717, 1.165) is 35.5 Å². The van der Waals surface area contributed by atoms with Gasteiger partial charge in [-0.3, -0.25) is 4.79 Å². The van der Waals surface area contributed by atoms with Gasteiger partial charge in [0, 0.05) is 22.6 Å². The number of fused-ring (bicyclic) bond motifs is 2. The predicted octanol–water partition coefficient (Wildman–Crippen LogP) is 4.66. The van der Waals surface area contributed by atoms with Crippen molar-refractivity contribution in [1.29, 1.82) is 0 Å². The van der Waals surface area contributed by atoms with Crippen LogP contribution in [0.1, 0.15) is 60.5 Å². The Bertz CT molecular complexity index is 862. The van der Waals surface area contributed by atoms with Gasteiger partial charge in [0.2, 0.25) is 0 Å². The highest BCUT2D eigenvalue weighted by atomic mass is 16.2. The number of carbonyl (C=O) groups is 1. The van der Waals surface area contributed by atoms with Crippen LogP contribution < -0.4 is 5.32 Å². The minimum Gasteiger partial charge on any atom is -0.359 e. The lowest BCUT2D eigenvalue weighted by Gasteiger charge is -2.16. The fourth-order valence-electron chi connectivity index (χ4n) is 4.43. The van der Waals surface area contributed by atoms with E-state index in [-0.39, 0.29) is 5.91 Å². The van der Waals surface area contributed by atoms with Crippen LogP contribution in [0.25, 0.3) is 11.6 Å². The van der Waals surface area contributed by atoms with Gasteiger partial charge in [0.15, 0.2) is 0 Å². The molecule has 1 unspecified atom stereocenters. The number of aromatic amines is 1. The molecule has 0 bridgehead atoms. The van der Waals surface area contributed by atoms with Crippen molar-refractivity contribution < 1.29 is 4.79 Å². The summed E-state index contributed by atoms with van der Waals surface area (Å²) in [5.74, 6) is 0.624. The second-order valence-corrected chi connectivity index (χ2v) is 8.10. The molecule has 0 saturated heterocycles. The van der Waals surface area contributed by atoms with Crippen LogP contribution in [0.3, 0.4) is 0 Å². The maximum absolute atomic E-state index is 12.4. The van der Waals surface area contributed by atoms with Crippen LogP contribution >= 0.6 is 0 Å². The molecule has 1 aliphatic carbocycles. The molecule has 4 heteroatoms. The smallest absolute Gasteiger partial charge is 0.256 e. The number of hydrogen-bond acceptors (Lipinski definition) is 2. The van der Waals surface area contributed by atoms with Crippen LogP contribution in [-0.4, -0.2) is 36.4 Å². The zero-order valence-electron chi connectivity index (χ0n) is 16.3. The molecule has 1 aromatic carbocycles. The van der Waals surface area contributed by atoms with Gasteiger partial charge in [-0.1, -0.05) is 24.6 Å². The summed E-state index contributed by atoms with van der Waals surface area (Å²) in [7, 11) is 4.28. The number of aryl methyl sites for hydroxylation is 1. The Kier molecular flexibility index (Phi) is 5.17. The zero-order valence-corrected chi connectivity index (χ0v) is 16.3. The minimum atomic E-state index is -0.0106. The van der Waals surface area contributed by atoms with Crippen LogP contribution in [-0.2, 0) is 11.2 Å². The first-order chi connectivity index (χ1) is 13.1. The van der Waals surface area contributed by atoms with E-state index < -0.39 is 0 Å². The minimum absolute atomic E-state index is 0.0106. The lowest BCUT2D eigenvalue weighted by molar-refractivity contribution is -0.110. The Labute approximate surface area is 161 Å². The summed E-state index contributed by atoms with van der Waals surface area (Å²) in [6.07, 6.45) is 9.44. The third-order valence-corrected chi connectivity index (χ3v) is 5.79. The van der Waals surface area contributed by atoms with E-state index in [2.05, 4.69) is 35.4 Å². The molecule has 2 heterocycles. The van der Waals surface area contributed by atoms with Crippen LogP contribution in [0.4, 0.5) is 5.69 Å². The quantitative estimate of drug-likeness (QED) is 0.599. The van der Waals surface area contributed by atoms with E-state index in [1.54, 1.807) is 0 Å². The molecule has 2 aromatic rings. The van der Waals surface area contributed by atoms with E-state index in [1.807, 2.05) is 30.3 Å². The van der Waals surface area contributed by atoms with Gasteiger partial charge in [-0.2, -0.15) is 0 Å². The molecule has 4 nitrogen and oxygen atoms in total. The van der Waals surface area contributed by atoms with E-state index in [9.17, 15) is 4.79 Å². The molecule has 2 aliphatic rings. The Morgan fingerprint density at radius 3 is 2.93 bits per heavy atom. The molecule has 1 aromatic heterocycles. The number of rotatable bonds is 5. The second-order valence-electron chi connectivity index (χ2n) is 8.10. The van der Waals surface area contributed by atoms with Gasteiger partial charge in [0.1, 0.15) is 0 Å². The summed E-state index contributed by atoms with van der Waals surface area (Å²) < 4.78 is 0. The van der Waals surface area contributed by atoms with Crippen molar-refractivity contribution >= 4 is 23.2 Å². The zero-order chi connectivity index (χ0) is 18.8. The van der Waals surface area contributed by atoms with Crippen LogP contribution in [0.15, 0.2) is 30.3 Å². The van der Waals surface area contributed by atoms with E-state index in [1.165, 1.54) is 43.4 Å². The molecule has 27 heavy (non-hydrogen) atoms. The van der Waals surface area contributed by atoms with Gasteiger partial charge in [-0.05, 0) is 82.4 Å². The standard InChI is InChI=1S/C23H29N3O/c1-26(2)13-7-9-16-8-3-5-12-22-19(16)14-17(24-22)15-20-18-10-4-6-11-21(18)25-23(20)27/h4,6,10-11,14-16,24H,3,5,7-9,12-13H2,1-2H3,(H,25,27)/b20-15-. The average molecular weight is 364 g/mol. The van der Waals surface area contributed by atoms with Crippen LogP contribution in [0.2, 0.25) is 0 Å². The number of nitrogens with one attached hydrogen (secondary N) is 2. The molecule has 4 rings (SSSR count). The number of nitrogens with zero attached hydrogens (tertiary/aromatic N) is 1. The van der Waals surface area contributed by atoms with Gasteiger partial charge in [0.25, 0.3) is 5.91 Å². The van der Waals surface area contributed by atoms with Crippen molar-refractivity contribution in [2.24, 2.45) is 0 Å². The van der Waals surface area contributed by atoms with Crippen molar-refractivity contribution in [3.63, 3.8) is 0 Å². The number of hydrogen-bond donors (Lipinski definition) is 2. The Balaban J connectivity index is 1.60. The number of amides is 1. The monoisotopic (exact) mass is 363 g/mol. The SMILES string of the molecule is CN(C)CCCC1CCCCc2[nH]c(/C=C3\C(=O)Nc4ccccc43)cc21. The lowest BCUT2D eigenvalue weighted by atomic mass is 9.91. The first-order valence-corrected chi connectivity index (χ1v) is 10.1. The summed E-state index contributed by atoms with van der Waals surface area (Å²) in [6, 6.07) is 10.2. The van der Waals surface area contributed by atoms with E-state index >= 15 is 0 Å². The fraction of sp³-hybridized carbons (Fsp3) is 0.435. The Hall–Kier alpha value is -2.33. The Morgan fingerprint density at radius 2 is 2.07 bits per heavy atom. The average Bonchev–Trinajstić information content (AvgIpc) is 3.12. The number of anilines is 1. The summed E-state index contributed by atoms with van der Waals surface area (Å²) in [6.45, 7) is 1.14.